The van der Waals surface area contributed by atoms with Gasteiger partial charge >= 0.3 is 12.1 Å². The maximum atomic E-state index is 13.4. The lowest BCUT2D eigenvalue weighted by Gasteiger charge is -2.20. The van der Waals surface area contributed by atoms with E-state index in [9.17, 15) is 13.6 Å². The van der Waals surface area contributed by atoms with Crippen molar-refractivity contribution >= 4 is 64.0 Å². The van der Waals surface area contributed by atoms with Crippen LogP contribution >= 0.6 is 46.4 Å². The van der Waals surface area contributed by atoms with Crippen molar-refractivity contribution in [3.8, 4) is 5.75 Å². The first-order valence-electron chi connectivity index (χ1n) is 7.86. The Labute approximate surface area is 185 Å². The maximum absolute atomic E-state index is 13.4. The lowest BCUT2D eigenvalue weighted by molar-refractivity contribution is -0.163. The number of methoxy groups -OCH3 is 1. The van der Waals surface area contributed by atoms with Gasteiger partial charge < -0.3 is 9.47 Å². The smallest absolute Gasteiger partial charge is 0.428 e. The Bertz CT molecular complexity index is 888. The molecule has 0 aliphatic rings. The van der Waals surface area contributed by atoms with Crippen molar-refractivity contribution in [3.05, 3.63) is 58.1 Å². The molecular weight excluding hydrogens is 472 g/mol. The Morgan fingerprint density at radius 3 is 2.14 bits per heavy atom. The first-order valence-corrected chi connectivity index (χ1v) is 9.49. The summed E-state index contributed by atoms with van der Waals surface area (Å²) in [6.45, 7) is 0. The number of carbonyl (C=O) groups excluding carboxylic acids is 1. The van der Waals surface area contributed by atoms with Crippen LogP contribution in [0.1, 0.15) is 5.56 Å². The highest BCUT2D eigenvalue weighted by atomic mass is 35.5. The van der Waals surface area contributed by atoms with Gasteiger partial charge in [0.2, 0.25) is 10.7 Å². The molecule has 29 heavy (non-hydrogen) atoms. The van der Waals surface area contributed by atoms with Crippen molar-refractivity contribution in [2.45, 2.75) is 10.9 Å². The highest BCUT2D eigenvalue weighted by molar-refractivity contribution is 6.44. The molecule has 2 aromatic rings. The van der Waals surface area contributed by atoms with Gasteiger partial charge in [0.25, 0.3) is 0 Å². The number of hydrogen-bond acceptors (Lipinski definition) is 3. The standard InChI is InChI=1S/C18H14Cl4F2N2O3/c1-26(10-6-8-11(9-7-10)29-18(23,24)16(21)22)17(27)25-15(28-2)14-12(19)4-3-5-13(14)20/h3-9,16H,1-2H3. The minimum absolute atomic E-state index is 0.0766. The first-order chi connectivity index (χ1) is 13.6. The zero-order valence-corrected chi connectivity index (χ0v) is 18.0. The number of aliphatic imine (C=N–C) groups is 1. The van der Waals surface area contributed by atoms with E-state index in [1.54, 1.807) is 18.2 Å². The Hall–Kier alpha value is -1.80. The molecule has 0 aromatic heterocycles. The van der Waals surface area contributed by atoms with Gasteiger partial charge in [-0.25, -0.2) is 4.79 Å². The minimum atomic E-state index is -3.77. The molecule has 0 atom stereocenters. The predicted octanol–water partition coefficient (Wildman–Crippen LogP) is 6.42. The number of rotatable bonds is 5. The summed E-state index contributed by atoms with van der Waals surface area (Å²) in [7, 11) is 2.75. The number of ether oxygens (including phenoxy) is 2. The van der Waals surface area contributed by atoms with Crippen molar-refractivity contribution in [2.24, 2.45) is 4.99 Å². The van der Waals surface area contributed by atoms with E-state index in [-0.39, 0.29) is 27.3 Å². The fraction of sp³-hybridized carbons (Fsp3) is 0.222. The second-order valence-electron chi connectivity index (χ2n) is 5.52. The molecule has 0 heterocycles. The van der Waals surface area contributed by atoms with Crippen molar-refractivity contribution in [3.63, 3.8) is 0 Å². The van der Waals surface area contributed by atoms with Crippen molar-refractivity contribution in [2.75, 3.05) is 19.1 Å². The third-order valence-corrected chi connectivity index (χ3v) is 4.72. The van der Waals surface area contributed by atoms with Gasteiger partial charge in [-0.15, -0.1) is 0 Å². The maximum Gasteiger partial charge on any atom is 0.428 e. The Morgan fingerprint density at radius 2 is 1.66 bits per heavy atom. The van der Waals surface area contributed by atoms with Crippen LogP contribution < -0.4 is 9.64 Å². The SMILES string of the molecule is COC(=NC(=O)N(C)c1ccc(OC(F)(F)C(Cl)Cl)cc1)c1c(Cl)cccc1Cl. The van der Waals surface area contributed by atoms with Crippen LogP contribution in [0.5, 0.6) is 5.75 Å². The Kier molecular flexibility index (Phi) is 7.94. The summed E-state index contributed by atoms with van der Waals surface area (Å²) in [5.74, 6) is -0.262. The van der Waals surface area contributed by atoms with E-state index >= 15 is 0 Å². The van der Waals surface area contributed by atoms with Crippen molar-refractivity contribution in [1.82, 2.24) is 0 Å². The minimum Gasteiger partial charge on any atom is -0.480 e. The fourth-order valence-corrected chi connectivity index (χ4v) is 2.77. The molecule has 0 aliphatic carbocycles. The molecule has 156 valence electrons. The van der Waals surface area contributed by atoms with Gasteiger partial charge in [-0.3, -0.25) is 4.90 Å². The number of alkyl halides is 4. The largest absolute Gasteiger partial charge is 0.480 e. The van der Waals surface area contributed by atoms with Gasteiger partial charge in [0.05, 0.1) is 22.7 Å². The molecule has 11 heteroatoms. The molecule has 0 unspecified atom stereocenters. The van der Waals surface area contributed by atoms with Crippen molar-refractivity contribution < 1.29 is 23.0 Å². The second-order valence-corrected chi connectivity index (χ2v) is 7.43. The summed E-state index contributed by atoms with van der Waals surface area (Å²) in [6, 6.07) is 9.30. The van der Waals surface area contributed by atoms with Gasteiger partial charge in [-0.1, -0.05) is 52.5 Å². The molecule has 0 saturated carbocycles. The molecule has 2 rings (SSSR count). The van der Waals surface area contributed by atoms with E-state index in [0.717, 1.165) is 4.90 Å². The summed E-state index contributed by atoms with van der Waals surface area (Å²) < 4.78 is 36.5. The van der Waals surface area contributed by atoms with E-state index in [0.29, 0.717) is 5.69 Å². The lowest BCUT2D eigenvalue weighted by atomic mass is 10.2. The number of benzene rings is 2. The molecular formula is C18H14Cl4F2N2O3. The van der Waals surface area contributed by atoms with Crippen LogP contribution in [-0.2, 0) is 4.74 Å². The molecule has 5 nitrogen and oxygen atoms in total. The van der Waals surface area contributed by atoms with Gasteiger partial charge in [-0.2, -0.15) is 13.8 Å². The average Bonchev–Trinajstić information content (AvgIpc) is 2.66. The monoisotopic (exact) mass is 484 g/mol. The van der Waals surface area contributed by atoms with E-state index < -0.39 is 17.0 Å². The molecule has 0 saturated heterocycles. The Balaban J connectivity index is 2.22. The molecule has 0 N–H and O–H groups in total. The van der Waals surface area contributed by atoms with Crippen molar-refractivity contribution in [1.29, 1.82) is 0 Å². The molecule has 0 fully saturated rings. The van der Waals surface area contributed by atoms with Crippen LogP contribution in [0.4, 0.5) is 19.3 Å². The second kappa shape index (κ2) is 9.80. The zero-order chi connectivity index (χ0) is 21.8. The van der Waals surface area contributed by atoms with Crippen LogP contribution in [0.2, 0.25) is 10.0 Å². The quantitative estimate of drug-likeness (QED) is 0.279. The number of hydrogen-bond donors (Lipinski definition) is 0. The molecule has 0 spiro atoms. The zero-order valence-electron chi connectivity index (χ0n) is 15.0. The first kappa shape index (κ1) is 23.5. The number of anilines is 1. The fourth-order valence-electron chi connectivity index (χ4n) is 2.12. The van der Waals surface area contributed by atoms with Gasteiger partial charge in [0, 0.05) is 12.7 Å². The summed E-state index contributed by atoms with van der Waals surface area (Å²) >= 11 is 22.6. The van der Waals surface area contributed by atoms with Gasteiger partial charge in [-0.05, 0) is 36.4 Å². The van der Waals surface area contributed by atoms with Crippen LogP contribution in [0, 0.1) is 0 Å². The number of nitrogens with zero attached hydrogens (tertiary/aromatic N) is 2. The molecule has 2 aromatic carbocycles. The van der Waals surface area contributed by atoms with E-state index in [2.05, 4.69) is 9.73 Å². The van der Waals surface area contributed by atoms with Crippen LogP contribution in [-0.4, -0.2) is 37.0 Å². The highest BCUT2D eigenvalue weighted by Gasteiger charge is 2.40. The summed E-state index contributed by atoms with van der Waals surface area (Å²) in [5.41, 5.74) is 0.617. The van der Waals surface area contributed by atoms with Crippen LogP contribution in [0.15, 0.2) is 47.5 Å². The highest BCUT2D eigenvalue weighted by Crippen LogP contribution is 2.31. The summed E-state index contributed by atoms with van der Waals surface area (Å²) in [4.78, 5) is 15.5. The lowest BCUT2D eigenvalue weighted by Crippen LogP contribution is -2.32. The average molecular weight is 486 g/mol. The number of carbonyl (C=O) groups is 1. The Morgan fingerprint density at radius 1 is 1.10 bits per heavy atom. The van der Waals surface area contributed by atoms with Crippen LogP contribution in [0.3, 0.4) is 0 Å². The van der Waals surface area contributed by atoms with Crippen LogP contribution in [0.25, 0.3) is 0 Å². The predicted molar refractivity (Wildman–Crippen MR) is 111 cm³/mol. The molecule has 0 aliphatic heterocycles. The van der Waals surface area contributed by atoms with E-state index in [1.165, 1.54) is 38.4 Å². The van der Waals surface area contributed by atoms with Gasteiger partial charge in [0.15, 0.2) is 0 Å². The van der Waals surface area contributed by atoms with E-state index in [4.69, 9.17) is 51.1 Å². The van der Waals surface area contributed by atoms with E-state index in [1.807, 2.05) is 0 Å². The number of amides is 2. The molecule has 0 radical (unpaired) electrons. The summed E-state index contributed by atoms with van der Waals surface area (Å²) in [5, 5.41) is 0.515. The number of urea groups is 1. The number of halogens is 6. The normalized spacial score (nSPS) is 12.1. The van der Waals surface area contributed by atoms with Gasteiger partial charge in [0.1, 0.15) is 5.75 Å². The summed E-state index contributed by atoms with van der Waals surface area (Å²) in [6.07, 6.45) is -3.77. The topological polar surface area (TPSA) is 51.1 Å². The third kappa shape index (κ3) is 5.85. The third-order valence-electron chi connectivity index (χ3n) is 3.59. The molecule has 0 bridgehead atoms. The molecule has 2 amide bonds.